The van der Waals surface area contributed by atoms with Crippen molar-refractivity contribution in [1.82, 2.24) is 41.4 Å². The zero-order valence-electron chi connectivity index (χ0n) is 32.0. The molecular formula is C39H44N10O8S. The number of hydrogen-bond acceptors (Lipinski definition) is 10. The molecule has 0 unspecified atom stereocenters. The number of carbonyl (C=O) groups is 7. The van der Waals surface area contributed by atoms with Crippen LogP contribution >= 0.6 is 11.3 Å². The van der Waals surface area contributed by atoms with E-state index in [2.05, 4.69) is 46.7 Å². The smallest absolute Gasteiger partial charge is 0.305 e. The second-order valence-electron chi connectivity index (χ2n) is 13.7. The molecule has 0 spiro atoms. The molecule has 3 aromatic heterocycles. The van der Waals surface area contributed by atoms with Gasteiger partial charge in [-0.25, -0.2) is 4.98 Å². The second kappa shape index (κ2) is 18.8. The van der Waals surface area contributed by atoms with Crippen LogP contribution in [0.1, 0.15) is 65.7 Å². The zero-order chi connectivity index (χ0) is 42.1. The number of nitrogens with zero attached hydrogens (tertiary/aromatic N) is 2. The van der Waals surface area contributed by atoms with Gasteiger partial charge in [-0.1, -0.05) is 68.0 Å². The molecule has 0 radical (unpaired) electrons. The number of primary amides is 1. The molecule has 0 aliphatic rings. The van der Waals surface area contributed by atoms with Crippen LogP contribution in [0.2, 0.25) is 0 Å². The SMILES string of the molecule is CC[C@H](C)[C@H](NC(=O)[C@@H](CC(=O)O)NC(=O)[C@H](Cc1c[nH]c2ccccc12)NC(=O)[C@H](C)NC(=O)c1cc(-c2sc(NC(=O)c3ccccc3)nc2C)[nH]n1)C(N)=O. The van der Waals surface area contributed by atoms with Gasteiger partial charge in [0.1, 0.15) is 24.2 Å². The summed E-state index contributed by atoms with van der Waals surface area (Å²) in [6.07, 6.45) is 1.21. The van der Waals surface area contributed by atoms with Crippen LogP contribution in [0.4, 0.5) is 5.13 Å². The number of amides is 6. The van der Waals surface area contributed by atoms with Crippen LogP contribution < -0.4 is 32.3 Å². The molecular weight excluding hydrogens is 769 g/mol. The standard InChI is InChI=1S/C39H44N10O8S/c1-5-19(2)31(33(40)52)46-37(56)28(17-30(50)51)45-36(55)27(15-23-18-41-25-14-10-9-13-24(23)25)44-34(53)21(4)42-38(57)29-16-26(48-49-29)32-20(3)43-39(58-32)47-35(54)22-11-7-6-8-12-22/h6-14,16,18-19,21,27-28,31,41H,5,15,17H2,1-4H3,(H2,40,52)(H,42,57)(H,44,53)(H,45,55)(H,46,56)(H,48,49)(H,50,51)(H,43,47,54)/t19-,21-,27-,28+,31-/m0/s1. The predicted molar refractivity (Wildman–Crippen MR) is 214 cm³/mol. The van der Waals surface area contributed by atoms with Crippen LogP contribution in [-0.2, 0) is 30.4 Å². The first kappa shape index (κ1) is 42.3. The number of thiazole rings is 1. The number of para-hydroxylation sites is 1. The Kier molecular flexibility index (Phi) is 13.7. The summed E-state index contributed by atoms with van der Waals surface area (Å²) >= 11 is 1.18. The monoisotopic (exact) mass is 812 g/mol. The Morgan fingerprint density at radius 2 is 1.53 bits per heavy atom. The zero-order valence-corrected chi connectivity index (χ0v) is 32.9. The number of aliphatic carboxylic acids is 1. The van der Waals surface area contributed by atoms with Crippen LogP contribution in [0.15, 0.2) is 66.9 Å². The molecule has 0 saturated carbocycles. The molecule has 0 bridgehead atoms. The number of carboxylic acid groups (broad SMARTS) is 1. The van der Waals surface area contributed by atoms with Crippen molar-refractivity contribution in [1.29, 1.82) is 0 Å². The van der Waals surface area contributed by atoms with Gasteiger partial charge in [-0.15, -0.1) is 0 Å². The van der Waals surface area contributed by atoms with Crippen LogP contribution in [-0.4, -0.2) is 90.9 Å². The molecule has 58 heavy (non-hydrogen) atoms. The lowest BCUT2D eigenvalue weighted by Gasteiger charge is -2.26. The predicted octanol–water partition coefficient (Wildman–Crippen LogP) is 2.40. The van der Waals surface area contributed by atoms with E-state index in [1.807, 2.05) is 18.2 Å². The number of anilines is 1. The molecule has 6 amide bonds. The highest BCUT2D eigenvalue weighted by Crippen LogP contribution is 2.32. The molecule has 2 aromatic carbocycles. The number of aryl methyl sites for hydroxylation is 1. The number of benzene rings is 2. The van der Waals surface area contributed by atoms with E-state index in [-0.39, 0.29) is 23.9 Å². The highest BCUT2D eigenvalue weighted by atomic mass is 32.1. The number of aromatic amines is 2. The van der Waals surface area contributed by atoms with Gasteiger partial charge in [-0.3, -0.25) is 44.0 Å². The number of aromatic nitrogens is 4. The summed E-state index contributed by atoms with van der Waals surface area (Å²) < 4.78 is 0. The lowest BCUT2D eigenvalue weighted by atomic mass is 9.98. The normalized spacial score (nSPS) is 13.7. The number of hydrogen-bond donors (Lipinski definition) is 9. The maximum Gasteiger partial charge on any atom is 0.305 e. The highest BCUT2D eigenvalue weighted by Gasteiger charge is 2.33. The van der Waals surface area contributed by atoms with Crippen molar-refractivity contribution in [2.45, 2.75) is 71.1 Å². The summed E-state index contributed by atoms with van der Waals surface area (Å²) in [5.41, 5.74) is 8.30. The van der Waals surface area contributed by atoms with Gasteiger partial charge in [-0.2, -0.15) is 5.10 Å². The Labute approximate surface area is 336 Å². The molecule has 18 nitrogen and oxygen atoms in total. The maximum atomic E-state index is 13.9. The summed E-state index contributed by atoms with van der Waals surface area (Å²) in [5.74, 6) is -6.28. The van der Waals surface area contributed by atoms with E-state index in [1.165, 1.54) is 24.3 Å². The Morgan fingerprint density at radius 3 is 2.22 bits per heavy atom. The Morgan fingerprint density at radius 1 is 0.862 bits per heavy atom. The van der Waals surface area contributed by atoms with E-state index in [0.717, 1.165) is 10.9 Å². The molecule has 5 rings (SSSR count). The van der Waals surface area contributed by atoms with Crippen molar-refractivity contribution >= 4 is 68.8 Å². The summed E-state index contributed by atoms with van der Waals surface area (Å²) in [6, 6.07) is 12.0. The van der Waals surface area contributed by atoms with Crippen LogP contribution in [0.3, 0.4) is 0 Å². The van der Waals surface area contributed by atoms with Crippen LogP contribution in [0.5, 0.6) is 0 Å². The number of rotatable bonds is 18. The first-order valence-electron chi connectivity index (χ1n) is 18.3. The van der Waals surface area contributed by atoms with Crippen molar-refractivity contribution in [3.8, 4) is 10.6 Å². The van der Waals surface area contributed by atoms with Crippen molar-refractivity contribution in [2.75, 3.05) is 5.32 Å². The molecule has 10 N–H and O–H groups in total. The minimum absolute atomic E-state index is 0.0559. The van der Waals surface area contributed by atoms with Gasteiger partial charge in [0.2, 0.25) is 23.6 Å². The fraction of sp³-hybridized carbons (Fsp3) is 0.308. The summed E-state index contributed by atoms with van der Waals surface area (Å²) in [7, 11) is 0. The average Bonchev–Trinajstić information content (AvgIpc) is 3.94. The maximum absolute atomic E-state index is 13.9. The fourth-order valence-corrected chi connectivity index (χ4v) is 6.94. The second-order valence-corrected chi connectivity index (χ2v) is 14.7. The third-order valence-corrected chi connectivity index (χ3v) is 10.5. The molecule has 0 aliphatic carbocycles. The molecule has 19 heteroatoms. The van der Waals surface area contributed by atoms with Gasteiger partial charge >= 0.3 is 5.97 Å². The Bertz CT molecular complexity index is 2320. The van der Waals surface area contributed by atoms with Gasteiger partial charge in [0.15, 0.2) is 10.8 Å². The van der Waals surface area contributed by atoms with E-state index < -0.39 is 66.1 Å². The van der Waals surface area contributed by atoms with Gasteiger partial charge in [-0.05, 0) is 49.6 Å². The third kappa shape index (κ3) is 10.5. The number of carbonyl (C=O) groups excluding carboxylic acids is 6. The van der Waals surface area contributed by atoms with Gasteiger partial charge in [0.25, 0.3) is 11.8 Å². The molecule has 0 saturated heterocycles. The van der Waals surface area contributed by atoms with Crippen molar-refractivity contribution in [2.24, 2.45) is 11.7 Å². The van der Waals surface area contributed by atoms with Crippen molar-refractivity contribution in [3.63, 3.8) is 0 Å². The van der Waals surface area contributed by atoms with Gasteiger partial charge in [0.05, 0.1) is 22.7 Å². The molecule has 5 aromatic rings. The average molecular weight is 813 g/mol. The summed E-state index contributed by atoms with van der Waals surface area (Å²) in [5, 5.41) is 30.4. The van der Waals surface area contributed by atoms with Crippen LogP contribution in [0, 0.1) is 12.8 Å². The largest absolute Gasteiger partial charge is 0.481 e. The van der Waals surface area contributed by atoms with E-state index in [4.69, 9.17) is 5.73 Å². The van der Waals surface area contributed by atoms with Gasteiger partial charge < -0.3 is 37.1 Å². The lowest BCUT2D eigenvalue weighted by Crippen LogP contribution is -2.59. The molecule has 0 fully saturated rings. The van der Waals surface area contributed by atoms with E-state index >= 15 is 0 Å². The molecule has 5 atom stereocenters. The minimum Gasteiger partial charge on any atom is -0.481 e. The van der Waals surface area contributed by atoms with E-state index in [0.29, 0.717) is 38.9 Å². The minimum atomic E-state index is -1.64. The number of carboxylic acids is 1. The summed E-state index contributed by atoms with van der Waals surface area (Å²) in [6.45, 7) is 6.61. The van der Waals surface area contributed by atoms with Crippen molar-refractivity contribution < 1.29 is 38.7 Å². The molecule has 3 heterocycles. The molecule has 304 valence electrons. The first-order valence-corrected chi connectivity index (χ1v) is 19.1. The van der Waals surface area contributed by atoms with E-state index in [9.17, 15) is 38.7 Å². The number of nitrogens with two attached hydrogens (primary N) is 1. The Hall–Kier alpha value is -6.89. The van der Waals surface area contributed by atoms with Crippen LogP contribution in [0.25, 0.3) is 21.5 Å². The third-order valence-electron chi connectivity index (χ3n) is 9.41. The van der Waals surface area contributed by atoms with Gasteiger partial charge in [0, 0.05) is 29.1 Å². The van der Waals surface area contributed by atoms with Crippen molar-refractivity contribution in [3.05, 3.63) is 89.4 Å². The number of fused-ring (bicyclic) bond motifs is 1. The fourth-order valence-electron chi connectivity index (χ4n) is 6.02. The molecule has 0 aliphatic heterocycles. The number of nitrogens with one attached hydrogen (secondary N) is 7. The topological polar surface area (TPSA) is 283 Å². The number of H-pyrrole nitrogens is 2. The Balaban J connectivity index is 1.29. The lowest BCUT2D eigenvalue weighted by molar-refractivity contribution is -0.141. The quantitative estimate of drug-likeness (QED) is 0.0623. The van der Waals surface area contributed by atoms with E-state index in [1.54, 1.807) is 63.4 Å². The highest BCUT2D eigenvalue weighted by molar-refractivity contribution is 7.19. The first-order chi connectivity index (χ1) is 27.6. The summed E-state index contributed by atoms with van der Waals surface area (Å²) in [4.78, 5) is 98.7.